The summed E-state index contributed by atoms with van der Waals surface area (Å²) in [5.41, 5.74) is 0. The molecule has 0 unspecified atom stereocenters. The summed E-state index contributed by atoms with van der Waals surface area (Å²) in [6.45, 7) is 0.0940. The molecule has 3 rings (SSSR count). The topological polar surface area (TPSA) is 263 Å². The molecule has 0 spiro atoms. The Labute approximate surface area is 222 Å². The first-order valence-electron chi connectivity index (χ1n) is 12.3. The number of rotatable bonds is 10. The van der Waals surface area contributed by atoms with Gasteiger partial charge in [0.05, 0.1) is 19.8 Å². The summed E-state index contributed by atoms with van der Waals surface area (Å²) in [5.74, 6) is -1.27. The molecule has 3 fully saturated rings. The summed E-state index contributed by atoms with van der Waals surface area (Å²) in [6, 6.07) is -2.79. The zero-order chi connectivity index (χ0) is 29.0. The molecule has 0 radical (unpaired) electrons. The lowest BCUT2D eigenvalue weighted by molar-refractivity contribution is -0.338. The van der Waals surface area contributed by atoms with Crippen LogP contribution >= 0.6 is 0 Å². The third kappa shape index (κ3) is 6.89. The van der Waals surface area contributed by atoms with E-state index in [9.17, 15) is 50.1 Å². The summed E-state index contributed by atoms with van der Waals surface area (Å²) < 4.78 is 28.1. The Morgan fingerprint density at radius 2 is 1.13 bits per heavy atom. The molecule has 3 aliphatic rings. The van der Waals surface area contributed by atoms with Gasteiger partial charge in [0.2, 0.25) is 11.8 Å². The Balaban J connectivity index is 1.87. The zero-order valence-electron chi connectivity index (χ0n) is 21.2. The number of aliphatic hydroxyl groups is 7. The van der Waals surface area contributed by atoms with E-state index < -0.39 is 117 Å². The molecule has 17 nitrogen and oxygen atoms in total. The number of carbonyl (C=O) groups is 3. The molecule has 9 N–H and O–H groups in total. The van der Waals surface area contributed by atoms with Crippen molar-refractivity contribution in [2.24, 2.45) is 0 Å². The van der Waals surface area contributed by atoms with Crippen molar-refractivity contribution in [1.29, 1.82) is 0 Å². The van der Waals surface area contributed by atoms with Gasteiger partial charge in [0, 0.05) is 13.8 Å². The fourth-order valence-corrected chi connectivity index (χ4v) is 4.83. The number of hydrogen-bond acceptors (Lipinski definition) is 15. The van der Waals surface area contributed by atoms with Gasteiger partial charge in [-0.3, -0.25) is 9.59 Å². The van der Waals surface area contributed by atoms with E-state index in [0.717, 1.165) is 13.8 Å². The average Bonchev–Trinajstić information content (AvgIpc) is 3.20. The molecule has 0 aromatic carbocycles. The molecule has 0 aromatic rings. The molecule has 3 heterocycles. The van der Waals surface area contributed by atoms with Crippen LogP contribution in [0.5, 0.6) is 0 Å². The first-order valence-corrected chi connectivity index (χ1v) is 12.3. The van der Waals surface area contributed by atoms with Crippen molar-refractivity contribution < 1.29 is 73.8 Å². The predicted octanol–water partition coefficient (Wildman–Crippen LogP) is -6.40. The lowest BCUT2D eigenvalue weighted by Crippen LogP contribution is -2.69. The molecule has 0 aliphatic carbocycles. The van der Waals surface area contributed by atoms with Gasteiger partial charge in [-0.05, 0) is 0 Å². The minimum absolute atomic E-state index is 0.319. The van der Waals surface area contributed by atoms with Crippen LogP contribution in [0.3, 0.4) is 0 Å². The van der Waals surface area contributed by atoms with Crippen molar-refractivity contribution in [3.63, 3.8) is 0 Å². The largest absolute Gasteiger partial charge is 0.394 e. The van der Waals surface area contributed by atoms with Gasteiger partial charge in [0.15, 0.2) is 18.9 Å². The minimum Gasteiger partial charge on any atom is -0.394 e. The quantitative estimate of drug-likeness (QED) is 0.111. The van der Waals surface area contributed by atoms with Crippen LogP contribution in [0.4, 0.5) is 0 Å². The standard InChI is InChI=1S/C22H36N2O15/c1-7(29)23-13-17(33)15(31)9(3-25)36-21(13)39-20-12(6-28)37-22(14(18(20)34)24-8(2)30)38-19-11(5-27)35-10(4-26)16(19)32/h4,9-22,25,27-28,31-34H,3,5-6H2,1-2H3,(H,23,29)(H,24,30)/t9-,10-,11-,12-,13-,14-,15-,16-,17-,18-,19-,20-,21+,22+/m1/s1. The molecule has 224 valence electrons. The van der Waals surface area contributed by atoms with E-state index in [-0.39, 0.29) is 0 Å². The second-order valence-corrected chi connectivity index (χ2v) is 9.53. The van der Waals surface area contributed by atoms with E-state index >= 15 is 0 Å². The number of carbonyl (C=O) groups excluding carboxylic acids is 3. The molecule has 2 amide bonds. The second-order valence-electron chi connectivity index (χ2n) is 9.53. The Morgan fingerprint density at radius 3 is 1.59 bits per heavy atom. The van der Waals surface area contributed by atoms with Crippen LogP contribution in [-0.2, 0) is 38.1 Å². The lowest BCUT2D eigenvalue weighted by Gasteiger charge is -2.48. The fourth-order valence-electron chi connectivity index (χ4n) is 4.83. The van der Waals surface area contributed by atoms with E-state index in [1.807, 2.05) is 0 Å². The first-order chi connectivity index (χ1) is 18.5. The normalized spacial score (nSPS) is 44.5. The van der Waals surface area contributed by atoms with Crippen molar-refractivity contribution in [3.05, 3.63) is 0 Å². The van der Waals surface area contributed by atoms with Gasteiger partial charge in [-0.1, -0.05) is 0 Å². The molecule has 0 bridgehead atoms. The smallest absolute Gasteiger partial charge is 0.217 e. The highest BCUT2D eigenvalue weighted by atomic mass is 16.7. The van der Waals surface area contributed by atoms with Gasteiger partial charge < -0.3 is 74.9 Å². The number of aliphatic hydroxyl groups excluding tert-OH is 7. The highest BCUT2D eigenvalue weighted by molar-refractivity contribution is 5.73. The van der Waals surface area contributed by atoms with Crippen LogP contribution in [0.1, 0.15) is 13.8 Å². The Hall–Kier alpha value is -1.87. The van der Waals surface area contributed by atoms with Crippen molar-refractivity contribution in [2.75, 3.05) is 19.8 Å². The van der Waals surface area contributed by atoms with Crippen molar-refractivity contribution in [1.82, 2.24) is 10.6 Å². The highest BCUT2D eigenvalue weighted by Crippen LogP contribution is 2.32. The van der Waals surface area contributed by atoms with E-state index in [0.29, 0.717) is 6.29 Å². The molecular formula is C22H36N2O15. The van der Waals surface area contributed by atoms with Gasteiger partial charge in [-0.2, -0.15) is 0 Å². The molecular weight excluding hydrogens is 532 g/mol. The maximum atomic E-state index is 12.0. The zero-order valence-corrected chi connectivity index (χ0v) is 21.2. The first kappa shape index (κ1) is 31.7. The summed E-state index contributed by atoms with van der Waals surface area (Å²) in [4.78, 5) is 34.9. The van der Waals surface area contributed by atoms with Gasteiger partial charge >= 0.3 is 0 Å². The molecule has 14 atom stereocenters. The average molecular weight is 569 g/mol. The van der Waals surface area contributed by atoms with Gasteiger partial charge in [-0.15, -0.1) is 0 Å². The van der Waals surface area contributed by atoms with Crippen molar-refractivity contribution in [2.45, 2.75) is 99.6 Å². The number of nitrogens with one attached hydrogen (secondary N) is 2. The summed E-state index contributed by atoms with van der Waals surface area (Å²) in [6.07, 6.45) is -17.4. The van der Waals surface area contributed by atoms with Crippen LogP contribution in [0.2, 0.25) is 0 Å². The third-order valence-electron chi connectivity index (χ3n) is 6.74. The molecule has 3 saturated heterocycles. The molecule has 3 aliphatic heterocycles. The van der Waals surface area contributed by atoms with E-state index in [1.165, 1.54) is 0 Å². The number of hydrogen-bond donors (Lipinski definition) is 9. The van der Waals surface area contributed by atoms with E-state index in [4.69, 9.17) is 23.7 Å². The van der Waals surface area contributed by atoms with Crippen molar-refractivity contribution >= 4 is 18.1 Å². The third-order valence-corrected chi connectivity index (χ3v) is 6.74. The van der Waals surface area contributed by atoms with E-state index in [1.54, 1.807) is 0 Å². The van der Waals surface area contributed by atoms with Crippen LogP contribution < -0.4 is 10.6 Å². The molecule has 17 heteroatoms. The molecule has 0 aromatic heterocycles. The fraction of sp³-hybridized carbons (Fsp3) is 0.864. The Morgan fingerprint density at radius 1 is 0.692 bits per heavy atom. The Bertz CT molecular complexity index is 850. The summed E-state index contributed by atoms with van der Waals surface area (Å²) in [5, 5.41) is 76.4. The summed E-state index contributed by atoms with van der Waals surface area (Å²) >= 11 is 0. The maximum Gasteiger partial charge on any atom is 0.217 e. The van der Waals surface area contributed by atoms with Crippen LogP contribution in [0, 0.1) is 0 Å². The van der Waals surface area contributed by atoms with Crippen molar-refractivity contribution in [3.8, 4) is 0 Å². The lowest BCUT2D eigenvalue weighted by atomic mass is 9.94. The Kier molecular flexibility index (Phi) is 11.1. The van der Waals surface area contributed by atoms with Gasteiger partial charge in [0.1, 0.15) is 73.1 Å². The highest BCUT2D eigenvalue weighted by Gasteiger charge is 2.54. The number of ether oxygens (including phenoxy) is 5. The predicted molar refractivity (Wildman–Crippen MR) is 122 cm³/mol. The monoisotopic (exact) mass is 568 g/mol. The van der Waals surface area contributed by atoms with Gasteiger partial charge in [-0.25, -0.2) is 0 Å². The molecule has 0 saturated carbocycles. The van der Waals surface area contributed by atoms with E-state index in [2.05, 4.69) is 10.6 Å². The second kappa shape index (κ2) is 13.7. The number of amides is 2. The SMILES string of the molecule is CC(=O)N[C@H]1[C@H](O[C@H]2[C@H](O)[C@@H](C=O)O[C@@H]2CO)O[C@H](CO)[C@@H](O[C@@H]2O[C@H](CO)[C@@H](O)[C@H](O)[C@H]2NC(C)=O)[C@@H]1O. The van der Waals surface area contributed by atoms with Crippen LogP contribution in [0.25, 0.3) is 0 Å². The molecule has 39 heavy (non-hydrogen) atoms. The van der Waals surface area contributed by atoms with Crippen LogP contribution in [-0.4, -0.2) is 159 Å². The van der Waals surface area contributed by atoms with Gasteiger partial charge in [0.25, 0.3) is 0 Å². The maximum absolute atomic E-state index is 12.0. The number of aldehydes is 1. The minimum atomic E-state index is -1.71. The summed E-state index contributed by atoms with van der Waals surface area (Å²) in [7, 11) is 0. The van der Waals surface area contributed by atoms with Crippen LogP contribution in [0.15, 0.2) is 0 Å².